The second kappa shape index (κ2) is 5.17. The fourth-order valence-corrected chi connectivity index (χ4v) is 1.10. The van der Waals surface area contributed by atoms with Crippen molar-refractivity contribution in [2.75, 3.05) is 6.54 Å². The highest BCUT2D eigenvalue weighted by atomic mass is 35.5. The summed E-state index contributed by atoms with van der Waals surface area (Å²) in [5.41, 5.74) is 8.62. The molecule has 0 fully saturated rings. The van der Waals surface area contributed by atoms with Crippen LogP contribution in [0.25, 0.3) is 16.5 Å². The fourth-order valence-electron chi connectivity index (χ4n) is 0.922. The molecule has 14 heavy (non-hydrogen) atoms. The smallest absolute Gasteiger partial charge is 0.122 e. The Morgan fingerprint density at radius 2 is 2.36 bits per heavy atom. The summed E-state index contributed by atoms with van der Waals surface area (Å²) in [7, 11) is 0. The van der Waals surface area contributed by atoms with Crippen LogP contribution in [-0.2, 0) is 0 Å². The Bertz CT molecular complexity index is 397. The Morgan fingerprint density at radius 3 is 3.07 bits per heavy atom. The zero-order valence-electron chi connectivity index (χ0n) is 7.26. The summed E-state index contributed by atoms with van der Waals surface area (Å²) in [4.78, 5) is 2.59. The van der Waals surface area contributed by atoms with Gasteiger partial charge in [0.05, 0.1) is 0 Å². The normalized spacial score (nSPS) is 10.1. The average molecular weight is 210 g/mol. The highest BCUT2D eigenvalue weighted by molar-refractivity contribution is 6.30. The summed E-state index contributed by atoms with van der Waals surface area (Å²) >= 11 is 5.73. The van der Waals surface area contributed by atoms with Crippen molar-refractivity contribution in [3.8, 4) is 5.75 Å². The van der Waals surface area contributed by atoms with Crippen LogP contribution in [-0.4, -0.2) is 11.7 Å². The SMILES string of the molecule is [N-]=[N+]=NC/C=C/c1cc(Cl)ccc1O. The van der Waals surface area contributed by atoms with Crippen molar-refractivity contribution >= 4 is 17.7 Å². The van der Waals surface area contributed by atoms with Gasteiger partial charge in [-0.05, 0) is 23.7 Å². The number of nitrogens with zero attached hydrogens (tertiary/aromatic N) is 3. The number of rotatable bonds is 3. The van der Waals surface area contributed by atoms with Crippen LogP contribution in [0.2, 0.25) is 5.02 Å². The van der Waals surface area contributed by atoms with Gasteiger partial charge in [0.2, 0.25) is 0 Å². The third kappa shape index (κ3) is 3.01. The van der Waals surface area contributed by atoms with Gasteiger partial charge in [-0.2, -0.15) is 0 Å². The van der Waals surface area contributed by atoms with E-state index in [-0.39, 0.29) is 12.3 Å². The highest BCUT2D eigenvalue weighted by Crippen LogP contribution is 2.22. The molecule has 1 rings (SSSR count). The summed E-state index contributed by atoms with van der Waals surface area (Å²) in [6.07, 6.45) is 3.29. The van der Waals surface area contributed by atoms with Gasteiger partial charge in [-0.15, -0.1) is 0 Å². The largest absolute Gasteiger partial charge is 0.507 e. The minimum absolute atomic E-state index is 0.145. The molecule has 0 unspecified atom stereocenters. The Balaban J connectivity index is 2.79. The minimum Gasteiger partial charge on any atom is -0.507 e. The van der Waals surface area contributed by atoms with Crippen molar-refractivity contribution in [1.82, 2.24) is 0 Å². The van der Waals surface area contributed by atoms with Crippen LogP contribution in [0.3, 0.4) is 0 Å². The van der Waals surface area contributed by atoms with Gasteiger partial charge in [0, 0.05) is 22.0 Å². The summed E-state index contributed by atoms with van der Waals surface area (Å²) in [5, 5.41) is 13.2. The van der Waals surface area contributed by atoms with E-state index < -0.39 is 0 Å². The summed E-state index contributed by atoms with van der Waals surface area (Å²) in [5.74, 6) is 0.145. The van der Waals surface area contributed by atoms with Crippen LogP contribution in [0.15, 0.2) is 29.4 Å². The molecule has 0 aliphatic carbocycles. The zero-order valence-corrected chi connectivity index (χ0v) is 8.02. The van der Waals surface area contributed by atoms with E-state index in [4.69, 9.17) is 17.1 Å². The number of azide groups is 1. The van der Waals surface area contributed by atoms with E-state index in [0.29, 0.717) is 10.6 Å². The molecular formula is C9H8ClN3O. The van der Waals surface area contributed by atoms with Gasteiger partial charge in [-0.3, -0.25) is 0 Å². The molecule has 0 saturated heterocycles. The maximum Gasteiger partial charge on any atom is 0.122 e. The Morgan fingerprint density at radius 1 is 1.57 bits per heavy atom. The molecule has 0 heterocycles. The van der Waals surface area contributed by atoms with Crippen molar-refractivity contribution in [1.29, 1.82) is 0 Å². The predicted octanol–water partition coefficient (Wildman–Crippen LogP) is 3.37. The maximum atomic E-state index is 9.38. The van der Waals surface area contributed by atoms with Gasteiger partial charge in [0.15, 0.2) is 0 Å². The lowest BCUT2D eigenvalue weighted by Gasteiger charge is -1.98. The molecule has 0 aromatic heterocycles. The summed E-state index contributed by atoms with van der Waals surface area (Å²) in [6, 6.07) is 4.74. The van der Waals surface area contributed by atoms with Crippen LogP contribution in [0.4, 0.5) is 0 Å². The lowest BCUT2D eigenvalue weighted by molar-refractivity contribution is 0.474. The molecule has 1 N–H and O–H groups in total. The van der Waals surface area contributed by atoms with Crippen molar-refractivity contribution in [3.05, 3.63) is 45.3 Å². The molecule has 0 amide bonds. The first-order chi connectivity index (χ1) is 6.74. The van der Waals surface area contributed by atoms with Crippen LogP contribution in [0, 0.1) is 0 Å². The molecule has 0 aliphatic rings. The number of phenols is 1. The Labute approximate surface area is 86.1 Å². The number of phenolic OH excluding ortho intramolecular Hbond substituents is 1. The van der Waals surface area contributed by atoms with E-state index in [9.17, 15) is 5.11 Å². The molecule has 0 aliphatic heterocycles. The number of hydrogen-bond acceptors (Lipinski definition) is 2. The number of halogens is 1. The molecule has 1 aromatic carbocycles. The van der Waals surface area contributed by atoms with Crippen LogP contribution in [0.5, 0.6) is 5.75 Å². The van der Waals surface area contributed by atoms with Crippen LogP contribution >= 0.6 is 11.6 Å². The van der Waals surface area contributed by atoms with E-state index in [1.54, 1.807) is 24.3 Å². The number of benzene rings is 1. The van der Waals surface area contributed by atoms with Crippen molar-refractivity contribution in [3.63, 3.8) is 0 Å². The summed E-state index contributed by atoms with van der Waals surface area (Å²) in [6.45, 7) is 0.252. The molecule has 5 heteroatoms. The molecule has 0 atom stereocenters. The van der Waals surface area contributed by atoms with E-state index >= 15 is 0 Å². The standard InChI is InChI=1S/C9H8ClN3O/c10-8-3-4-9(14)7(6-8)2-1-5-12-13-11/h1-4,6,14H,5H2/b2-1+. The van der Waals surface area contributed by atoms with Crippen molar-refractivity contribution in [2.24, 2.45) is 5.11 Å². The predicted molar refractivity (Wildman–Crippen MR) is 56.2 cm³/mol. The number of aromatic hydroxyl groups is 1. The van der Waals surface area contributed by atoms with Crippen LogP contribution < -0.4 is 0 Å². The van der Waals surface area contributed by atoms with Crippen molar-refractivity contribution < 1.29 is 5.11 Å². The molecule has 4 nitrogen and oxygen atoms in total. The lowest BCUT2D eigenvalue weighted by Crippen LogP contribution is -1.75. The summed E-state index contributed by atoms with van der Waals surface area (Å²) < 4.78 is 0. The third-order valence-electron chi connectivity index (χ3n) is 1.54. The van der Waals surface area contributed by atoms with Gasteiger partial charge in [0.25, 0.3) is 0 Å². The second-order valence-electron chi connectivity index (χ2n) is 2.52. The Kier molecular flexibility index (Phi) is 3.85. The Hall–Kier alpha value is -1.64. The monoisotopic (exact) mass is 209 g/mol. The molecule has 0 spiro atoms. The van der Waals surface area contributed by atoms with E-state index in [2.05, 4.69) is 10.0 Å². The minimum atomic E-state index is 0.145. The number of hydrogen-bond donors (Lipinski definition) is 1. The van der Waals surface area contributed by atoms with E-state index in [0.717, 1.165) is 0 Å². The fraction of sp³-hybridized carbons (Fsp3) is 0.111. The first-order valence-corrected chi connectivity index (χ1v) is 4.28. The second-order valence-corrected chi connectivity index (χ2v) is 2.96. The third-order valence-corrected chi connectivity index (χ3v) is 1.77. The topological polar surface area (TPSA) is 69.0 Å². The quantitative estimate of drug-likeness (QED) is 0.463. The molecular weight excluding hydrogens is 202 g/mol. The molecule has 72 valence electrons. The van der Waals surface area contributed by atoms with E-state index in [1.807, 2.05) is 0 Å². The van der Waals surface area contributed by atoms with Gasteiger partial charge < -0.3 is 5.11 Å². The molecule has 0 saturated carbocycles. The molecule has 0 bridgehead atoms. The average Bonchev–Trinajstić information content (AvgIpc) is 2.18. The van der Waals surface area contributed by atoms with E-state index in [1.165, 1.54) is 6.07 Å². The van der Waals surface area contributed by atoms with Gasteiger partial charge in [0.1, 0.15) is 5.75 Å². The first-order valence-electron chi connectivity index (χ1n) is 3.90. The highest BCUT2D eigenvalue weighted by Gasteiger charge is 1.96. The first kappa shape index (κ1) is 10.4. The van der Waals surface area contributed by atoms with Gasteiger partial charge in [-0.1, -0.05) is 28.9 Å². The lowest BCUT2D eigenvalue weighted by atomic mass is 10.2. The molecule has 1 aromatic rings. The van der Waals surface area contributed by atoms with Crippen LogP contribution in [0.1, 0.15) is 5.56 Å². The van der Waals surface area contributed by atoms with Gasteiger partial charge >= 0.3 is 0 Å². The van der Waals surface area contributed by atoms with Gasteiger partial charge in [-0.25, -0.2) is 0 Å². The zero-order chi connectivity index (χ0) is 10.4. The maximum absolute atomic E-state index is 9.38. The molecule has 0 radical (unpaired) electrons. The van der Waals surface area contributed by atoms with Crippen molar-refractivity contribution in [2.45, 2.75) is 0 Å².